The fourth-order valence-electron chi connectivity index (χ4n) is 3.38. The van der Waals surface area contributed by atoms with Crippen molar-refractivity contribution in [1.82, 2.24) is 0 Å². The molecule has 0 amide bonds. The molecule has 0 aliphatic carbocycles. The second kappa shape index (κ2) is 8.41. The van der Waals surface area contributed by atoms with Crippen LogP contribution in [0.5, 0.6) is 0 Å². The van der Waals surface area contributed by atoms with Crippen LogP contribution in [-0.4, -0.2) is 34.7 Å². The van der Waals surface area contributed by atoms with Crippen LogP contribution in [0.1, 0.15) is 16.1 Å². The maximum Gasteiger partial charge on any atom is 0.342 e. The molecule has 4 rings (SSSR count). The highest BCUT2D eigenvalue weighted by Gasteiger charge is 2.21. The lowest BCUT2D eigenvalue weighted by Gasteiger charge is -2.09. The molecule has 0 radical (unpaired) electrons. The van der Waals surface area contributed by atoms with Gasteiger partial charge in [0.25, 0.3) is 10.0 Å². The Morgan fingerprint density at radius 2 is 1.77 bits per heavy atom. The number of methoxy groups -OCH3 is 1. The van der Waals surface area contributed by atoms with Crippen LogP contribution in [0.2, 0.25) is 0 Å². The molecule has 160 valence electrons. The quantitative estimate of drug-likeness (QED) is 0.337. The number of aryl methyl sites for hydroxylation is 1. The van der Waals surface area contributed by atoms with Crippen LogP contribution in [0, 0.1) is 6.92 Å². The molecule has 4 aromatic rings. The number of carbonyl (C=O) groups is 1. The van der Waals surface area contributed by atoms with Gasteiger partial charge < -0.3 is 13.9 Å². The average Bonchev–Trinajstić information content (AvgIpc) is 3.08. The maximum atomic E-state index is 12.9. The summed E-state index contributed by atoms with van der Waals surface area (Å²) in [6.45, 7) is 2.04. The Balaban J connectivity index is 1.66. The molecule has 31 heavy (non-hydrogen) atoms. The van der Waals surface area contributed by atoms with E-state index >= 15 is 0 Å². The van der Waals surface area contributed by atoms with E-state index in [9.17, 15) is 13.2 Å². The van der Waals surface area contributed by atoms with E-state index in [0.29, 0.717) is 22.4 Å². The molecule has 3 aromatic carbocycles. The lowest BCUT2D eigenvalue weighted by molar-refractivity contribution is 0.0388. The maximum absolute atomic E-state index is 12.9. The summed E-state index contributed by atoms with van der Waals surface area (Å²) >= 11 is 0. The first-order chi connectivity index (χ1) is 14.9. The standard InChI is InChI=1S/C23H21NO6S/c1-15-22(23(25)29-12-11-28-2)20-14-18(8-10-21(20)30-15)24-31(26,27)19-9-7-16-5-3-4-6-17(16)13-19/h3-10,13-14,24H,11-12H2,1-2H3. The summed E-state index contributed by atoms with van der Waals surface area (Å²) in [5.41, 5.74) is 1.04. The van der Waals surface area contributed by atoms with E-state index in [1.165, 1.54) is 7.11 Å². The van der Waals surface area contributed by atoms with Crippen molar-refractivity contribution in [2.45, 2.75) is 11.8 Å². The first kappa shape index (κ1) is 20.9. The van der Waals surface area contributed by atoms with Gasteiger partial charge in [-0.1, -0.05) is 30.3 Å². The first-order valence-corrected chi connectivity index (χ1v) is 11.1. The number of ether oxygens (including phenoxy) is 2. The molecule has 1 heterocycles. The predicted octanol–water partition coefficient (Wildman–Crippen LogP) is 4.50. The number of sulfonamides is 1. The number of hydrogen-bond donors (Lipinski definition) is 1. The molecule has 0 unspecified atom stereocenters. The highest BCUT2D eigenvalue weighted by atomic mass is 32.2. The van der Waals surface area contributed by atoms with Crippen LogP contribution in [0.3, 0.4) is 0 Å². The number of esters is 1. The van der Waals surface area contributed by atoms with Gasteiger partial charge in [-0.3, -0.25) is 4.72 Å². The van der Waals surface area contributed by atoms with Gasteiger partial charge >= 0.3 is 5.97 Å². The third-order valence-electron chi connectivity index (χ3n) is 4.87. The van der Waals surface area contributed by atoms with E-state index in [2.05, 4.69) is 4.72 Å². The Labute approximate surface area is 179 Å². The summed E-state index contributed by atoms with van der Waals surface area (Å²) in [6, 6.07) is 17.2. The Kier molecular flexibility index (Phi) is 5.67. The normalized spacial score (nSPS) is 11.7. The van der Waals surface area contributed by atoms with Crippen LogP contribution >= 0.6 is 0 Å². The van der Waals surface area contributed by atoms with Crippen molar-refractivity contribution in [1.29, 1.82) is 0 Å². The largest absolute Gasteiger partial charge is 0.460 e. The summed E-state index contributed by atoms with van der Waals surface area (Å²) in [5.74, 6) is -0.158. The van der Waals surface area contributed by atoms with Crippen molar-refractivity contribution >= 4 is 43.4 Å². The third kappa shape index (κ3) is 4.26. The zero-order valence-electron chi connectivity index (χ0n) is 17.0. The molecule has 0 aliphatic rings. The number of rotatable bonds is 7. The molecule has 1 aromatic heterocycles. The van der Waals surface area contributed by atoms with Gasteiger partial charge in [0.15, 0.2) is 0 Å². The molecule has 0 bridgehead atoms. The van der Waals surface area contributed by atoms with E-state index in [0.717, 1.165) is 10.8 Å². The van der Waals surface area contributed by atoms with E-state index in [1.54, 1.807) is 43.3 Å². The highest BCUT2D eigenvalue weighted by Crippen LogP contribution is 2.30. The van der Waals surface area contributed by atoms with Gasteiger partial charge in [-0.25, -0.2) is 13.2 Å². The monoisotopic (exact) mass is 439 g/mol. The molecular formula is C23H21NO6S. The van der Waals surface area contributed by atoms with Crippen molar-refractivity contribution in [3.63, 3.8) is 0 Å². The van der Waals surface area contributed by atoms with Crippen LogP contribution in [-0.2, 0) is 19.5 Å². The molecule has 8 heteroatoms. The number of nitrogens with one attached hydrogen (secondary N) is 1. The summed E-state index contributed by atoms with van der Waals surface area (Å²) < 4.78 is 44.2. The van der Waals surface area contributed by atoms with Crippen LogP contribution < -0.4 is 4.72 Å². The summed E-state index contributed by atoms with van der Waals surface area (Å²) in [7, 11) is -2.32. The number of anilines is 1. The van der Waals surface area contributed by atoms with Crippen molar-refractivity contribution in [3.05, 3.63) is 72.0 Å². The Bertz CT molecular complexity index is 1370. The number of furan rings is 1. The zero-order chi connectivity index (χ0) is 22.0. The lowest BCUT2D eigenvalue weighted by Crippen LogP contribution is -2.13. The van der Waals surface area contributed by atoms with Crippen molar-refractivity contribution in [2.24, 2.45) is 0 Å². The van der Waals surface area contributed by atoms with Crippen LogP contribution in [0.4, 0.5) is 5.69 Å². The second-order valence-corrected chi connectivity index (χ2v) is 8.67. The van der Waals surface area contributed by atoms with Gasteiger partial charge in [0.1, 0.15) is 23.5 Å². The number of carbonyl (C=O) groups excluding carboxylic acids is 1. The number of benzene rings is 3. The predicted molar refractivity (Wildman–Crippen MR) is 118 cm³/mol. The fourth-order valence-corrected chi connectivity index (χ4v) is 4.46. The third-order valence-corrected chi connectivity index (χ3v) is 6.25. The van der Waals surface area contributed by atoms with Crippen molar-refractivity contribution in [3.8, 4) is 0 Å². The number of fused-ring (bicyclic) bond motifs is 2. The molecular weight excluding hydrogens is 418 g/mol. The Morgan fingerprint density at radius 1 is 1.00 bits per heavy atom. The average molecular weight is 439 g/mol. The van der Waals surface area contributed by atoms with Gasteiger partial charge in [-0.15, -0.1) is 0 Å². The topological polar surface area (TPSA) is 94.8 Å². The second-order valence-electron chi connectivity index (χ2n) is 6.99. The summed E-state index contributed by atoms with van der Waals surface area (Å²) in [5, 5.41) is 2.25. The minimum Gasteiger partial charge on any atom is -0.460 e. The minimum atomic E-state index is -3.83. The van der Waals surface area contributed by atoms with Gasteiger partial charge in [0, 0.05) is 18.2 Å². The van der Waals surface area contributed by atoms with E-state index < -0.39 is 16.0 Å². The van der Waals surface area contributed by atoms with Gasteiger partial charge in [0.2, 0.25) is 0 Å². The molecule has 0 saturated carbocycles. The smallest absolute Gasteiger partial charge is 0.342 e. The first-order valence-electron chi connectivity index (χ1n) is 9.60. The van der Waals surface area contributed by atoms with E-state index in [-0.39, 0.29) is 23.7 Å². The van der Waals surface area contributed by atoms with Gasteiger partial charge in [0.05, 0.1) is 11.5 Å². The molecule has 0 saturated heterocycles. The molecule has 0 spiro atoms. The molecule has 0 aliphatic heterocycles. The van der Waals surface area contributed by atoms with E-state index in [4.69, 9.17) is 13.9 Å². The Hall–Kier alpha value is -3.36. The summed E-state index contributed by atoms with van der Waals surface area (Å²) in [4.78, 5) is 12.6. The van der Waals surface area contributed by atoms with Gasteiger partial charge in [-0.2, -0.15) is 0 Å². The lowest BCUT2D eigenvalue weighted by atomic mass is 10.1. The summed E-state index contributed by atoms with van der Waals surface area (Å²) in [6.07, 6.45) is 0. The molecule has 1 N–H and O–H groups in total. The Morgan fingerprint density at radius 3 is 2.55 bits per heavy atom. The molecule has 0 atom stereocenters. The van der Waals surface area contributed by atoms with E-state index in [1.807, 2.05) is 24.3 Å². The SMILES string of the molecule is COCCOC(=O)c1c(C)oc2ccc(NS(=O)(=O)c3ccc4ccccc4c3)cc12. The number of hydrogen-bond acceptors (Lipinski definition) is 6. The van der Waals surface area contributed by atoms with Crippen molar-refractivity contribution < 1.29 is 27.1 Å². The molecule has 0 fully saturated rings. The van der Waals surface area contributed by atoms with Crippen LogP contribution in [0.15, 0.2) is 70.0 Å². The minimum absolute atomic E-state index is 0.107. The van der Waals surface area contributed by atoms with Crippen LogP contribution in [0.25, 0.3) is 21.7 Å². The highest BCUT2D eigenvalue weighted by molar-refractivity contribution is 7.92. The fraction of sp³-hybridized carbons (Fsp3) is 0.174. The zero-order valence-corrected chi connectivity index (χ0v) is 17.9. The van der Waals surface area contributed by atoms with Gasteiger partial charge in [-0.05, 0) is 48.0 Å². The molecule has 7 nitrogen and oxygen atoms in total. The van der Waals surface area contributed by atoms with Crippen molar-refractivity contribution in [2.75, 3.05) is 25.0 Å².